The zero-order valence-electron chi connectivity index (χ0n) is 12.0. The summed E-state index contributed by atoms with van der Waals surface area (Å²) in [5.41, 5.74) is 4.24. The van der Waals surface area contributed by atoms with Crippen LogP contribution in [0.1, 0.15) is 16.8 Å². The van der Waals surface area contributed by atoms with Crippen molar-refractivity contribution < 1.29 is 18.4 Å². The molecule has 120 valence electrons. The van der Waals surface area contributed by atoms with Crippen molar-refractivity contribution in [2.45, 2.75) is 11.3 Å². The molecule has 7 heteroatoms. The van der Waals surface area contributed by atoms with Gasteiger partial charge in [-0.3, -0.25) is 20.4 Å². The van der Waals surface area contributed by atoms with E-state index in [-0.39, 0.29) is 17.8 Å². The SMILES string of the molecule is O=C(CCSc1ccc(F)cc1)NNC(=O)c1ccccc1F. The van der Waals surface area contributed by atoms with E-state index < -0.39 is 17.6 Å². The molecule has 0 heterocycles. The molecule has 2 N–H and O–H groups in total. The molecule has 2 aromatic carbocycles. The van der Waals surface area contributed by atoms with Crippen LogP contribution in [-0.4, -0.2) is 17.6 Å². The third kappa shape index (κ3) is 5.37. The molecule has 23 heavy (non-hydrogen) atoms. The van der Waals surface area contributed by atoms with Crippen molar-refractivity contribution in [2.75, 3.05) is 5.75 Å². The van der Waals surface area contributed by atoms with Crippen LogP contribution in [0.15, 0.2) is 53.4 Å². The Morgan fingerprint density at radius 1 is 0.957 bits per heavy atom. The summed E-state index contributed by atoms with van der Waals surface area (Å²) in [4.78, 5) is 24.1. The minimum Gasteiger partial charge on any atom is -0.273 e. The normalized spacial score (nSPS) is 10.2. The standard InChI is InChI=1S/C16H14F2N2O2S/c17-11-5-7-12(8-6-11)23-10-9-15(21)19-20-16(22)13-3-1-2-4-14(13)18/h1-8H,9-10H2,(H,19,21)(H,20,22). The number of nitrogens with one attached hydrogen (secondary N) is 2. The Hall–Kier alpha value is -2.41. The monoisotopic (exact) mass is 336 g/mol. The second-order valence-corrected chi connectivity index (χ2v) is 5.70. The first-order valence-corrected chi connectivity index (χ1v) is 7.77. The van der Waals surface area contributed by atoms with Crippen molar-refractivity contribution in [3.05, 3.63) is 65.7 Å². The molecular formula is C16H14F2N2O2S. The largest absolute Gasteiger partial charge is 0.273 e. The number of amides is 2. The number of carbonyl (C=O) groups excluding carboxylic acids is 2. The Morgan fingerprint density at radius 2 is 1.65 bits per heavy atom. The molecule has 0 atom stereocenters. The predicted octanol–water partition coefficient (Wildman–Crippen LogP) is 2.91. The van der Waals surface area contributed by atoms with E-state index >= 15 is 0 Å². The molecule has 2 rings (SSSR count). The third-order valence-corrected chi connectivity index (χ3v) is 3.86. The van der Waals surface area contributed by atoms with Crippen molar-refractivity contribution >= 4 is 23.6 Å². The van der Waals surface area contributed by atoms with Crippen molar-refractivity contribution in [1.29, 1.82) is 0 Å². The first kappa shape index (κ1) is 17.0. The quantitative estimate of drug-likeness (QED) is 0.652. The first-order valence-electron chi connectivity index (χ1n) is 6.78. The number of hydrogen-bond acceptors (Lipinski definition) is 3. The molecular weight excluding hydrogens is 322 g/mol. The van der Waals surface area contributed by atoms with Crippen molar-refractivity contribution in [1.82, 2.24) is 10.9 Å². The molecule has 0 bridgehead atoms. The van der Waals surface area contributed by atoms with Crippen LogP contribution in [0.5, 0.6) is 0 Å². The van der Waals surface area contributed by atoms with E-state index in [1.807, 2.05) is 0 Å². The topological polar surface area (TPSA) is 58.2 Å². The molecule has 0 aliphatic rings. The summed E-state index contributed by atoms with van der Waals surface area (Å²) >= 11 is 1.39. The lowest BCUT2D eigenvalue weighted by atomic mass is 10.2. The van der Waals surface area contributed by atoms with Crippen LogP contribution in [0.4, 0.5) is 8.78 Å². The van der Waals surface area contributed by atoms with Crippen LogP contribution in [-0.2, 0) is 4.79 Å². The Morgan fingerprint density at radius 3 is 2.35 bits per heavy atom. The van der Waals surface area contributed by atoms with E-state index in [9.17, 15) is 18.4 Å². The van der Waals surface area contributed by atoms with Gasteiger partial charge in [0.15, 0.2) is 0 Å². The van der Waals surface area contributed by atoms with Crippen molar-refractivity contribution in [3.63, 3.8) is 0 Å². The zero-order valence-corrected chi connectivity index (χ0v) is 12.8. The molecule has 0 radical (unpaired) electrons. The van der Waals surface area contributed by atoms with Crippen LogP contribution in [0.2, 0.25) is 0 Å². The van der Waals surface area contributed by atoms with Crippen LogP contribution in [0.25, 0.3) is 0 Å². The maximum Gasteiger partial charge on any atom is 0.272 e. The van der Waals surface area contributed by atoms with E-state index in [0.717, 1.165) is 11.0 Å². The number of rotatable bonds is 5. The third-order valence-electron chi connectivity index (χ3n) is 2.85. The minimum absolute atomic E-state index is 0.145. The van der Waals surface area contributed by atoms with E-state index in [1.165, 1.54) is 42.1 Å². The van der Waals surface area contributed by atoms with Gasteiger partial charge in [-0.2, -0.15) is 0 Å². The van der Waals surface area contributed by atoms with E-state index in [1.54, 1.807) is 12.1 Å². The van der Waals surface area contributed by atoms with Gasteiger partial charge in [-0.1, -0.05) is 12.1 Å². The highest BCUT2D eigenvalue weighted by Gasteiger charge is 2.11. The van der Waals surface area contributed by atoms with E-state index in [2.05, 4.69) is 10.9 Å². The van der Waals surface area contributed by atoms with Gasteiger partial charge in [0.2, 0.25) is 5.91 Å². The summed E-state index contributed by atoms with van der Waals surface area (Å²) in [6, 6.07) is 11.4. The molecule has 0 aliphatic carbocycles. The lowest BCUT2D eigenvalue weighted by molar-refractivity contribution is -0.121. The van der Waals surface area contributed by atoms with Gasteiger partial charge in [-0.05, 0) is 36.4 Å². The maximum absolute atomic E-state index is 13.4. The average Bonchev–Trinajstić information content (AvgIpc) is 2.55. The van der Waals surface area contributed by atoms with Gasteiger partial charge in [-0.25, -0.2) is 8.78 Å². The maximum atomic E-state index is 13.4. The van der Waals surface area contributed by atoms with E-state index in [0.29, 0.717) is 5.75 Å². The van der Waals surface area contributed by atoms with Crippen LogP contribution in [0, 0.1) is 11.6 Å². The number of hydrogen-bond donors (Lipinski definition) is 2. The Kier molecular flexibility index (Phi) is 6.10. The van der Waals surface area contributed by atoms with Gasteiger partial charge < -0.3 is 0 Å². The Bertz CT molecular complexity index is 693. The highest BCUT2D eigenvalue weighted by Crippen LogP contribution is 2.18. The number of carbonyl (C=O) groups is 2. The fourth-order valence-electron chi connectivity index (χ4n) is 1.69. The summed E-state index contributed by atoms with van der Waals surface area (Å²) in [6.07, 6.45) is 0.152. The molecule has 0 unspecified atom stereocenters. The number of hydrazine groups is 1. The summed E-state index contributed by atoms with van der Waals surface area (Å²) in [5, 5.41) is 0. The summed E-state index contributed by atoms with van der Waals surface area (Å²) < 4.78 is 26.1. The van der Waals surface area contributed by atoms with Crippen molar-refractivity contribution in [3.8, 4) is 0 Å². The molecule has 0 aliphatic heterocycles. The molecule has 0 fully saturated rings. The number of halogens is 2. The van der Waals surface area contributed by atoms with Gasteiger partial charge >= 0.3 is 0 Å². The zero-order chi connectivity index (χ0) is 16.7. The Labute approximate surface area is 136 Å². The number of thioether (sulfide) groups is 1. The molecule has 0 spiro atoms. The van der Waals surface area contributed by atoms with Crippen molar-refractivity contribution in [2.24, 2.45) is 0 Å². The lowest BCUT2D eigenvalue weighted by Gasteiger charge is -2.08. The van der Waals surface area contributed by atoms with Gasteiger partial charge in [0, 0.05) is 17.1 Å². The van der Waals surface area contributed by atoms with Crippen LogP contribution in [0.3, 0.4) is 0 Å². The van der Waals surface area contributed by atoms with Crippen LogP contribution < -0.4 is 10.9 Å². The van der Waals surface area contributed by atoms with Gasteiger partial charge in [0.1, 0.15) is 11.6 Å². The average molecular weight is 336 g/mol. The second-order valence-electron chi connectivity index (χ2n) is 4.53. The molecule has 0 saturated heterocycles. The smallest absolute Gasteiger partial charge is 0.272 e. The summed E-state index contributed by atoms with van der Waals surface area (Å²) in [7, 11) is 0. The fraction of sp³-hybridized carbons (Fsp3) is 0.125. The van der Waals surface area contributed by atoms with Gasteiger partial charge in [0.25, 0.3) is 5.91 Å². The molecule has 0 saturated carbocycles. The molecule has 2 amide bonds. The van der Waals surface area contributed by atoms with Gasteiger partial charge in [0.05, 0.1) is 5.56 Å². The molecule has 4 nitrogen and oxygen atoms in total. The number of benzene rings is 2. The fourth-order valence-corrected chi connectivity index (χ4v) is 2.55. The Balaban J connectivity index is 1.72. The molecule has 2 aromatic rings. The first-order chi connectivity index (χ1) is 11.1. The lowest BCUT2D eigenvalue weighted by Crippen LogP contribution is -2.42. The predicted molar refractivity (Wildman–Crippen MR) is 83.7 cm³/mol. The molecule has 0 aromatic heterocycles. The van der Waals surface area contributed by atoms with E-state index in [4.69, 9.17) is 0 Å². The van der Waals surface area contributed by atoms with Crippen LogP contribution >= 0.6 is 11.8 Å². The van der Waals surface area contributed by atoms with Gasteiger partial charge in [-0.15, -0.1) is 11.8 Å². The summed E-state index contributed by atoms with van der Waals surface area (Å²) in [5.74, 6) is -1.63. The minimum atomic E-state index is -0.720. The summed E-state index contributed by atoms with van der Waals surface area (Å²) in [6.45, 7) is 0. The highest BCUT2D eigenvalue weighted by molar-refractivity contribution is 7.99. The second kappa shape index (κ2) is 8.28. The highest BCUT2D eigenvalue weighted by atomic mass is 32.2.